The molecule has 1 aliphatic rings. The first-order valence-electron chi connectivity index (χ1n) is 7.32. The third-order valence-electron chi connectivity index (χ3n) is 3.81. The van der Waals surface area contributed by atoms with Gasteiger partial charge in [0.15, 0.2) is 11.6 Å². The number of anilines is 1. The van der Waals surface area contributed by atoms with Crippen molar-refractivity contribution in [1.29, 1.82) is 0 Å². The van der Waals surface area contributed by atoms with Crippen LogP contribution in [0.1, 0.15) is 12.0 Å². The second-order valence-electron chi connectivity index (χ2n) is 5.54. The zero-order valence-electron chi connectivity index (χ0n) is 12.3. The van der Waals surface area contributed by atoms with E-state index in [1.165, 1.54) is 12.1 Å². The van der Waals surface area contributed by atoms with E-state index < -0.39 is 23.6 Å². The molecule has 1 heterocycles. The van der Waals surface area contributed by atoms with Crippen LogP contribution in [0.5, 0.6) is 5.75 Å². The van der Waals surface area contributed by atoms with Crippen LogP contribution in [0.3, 0.4) is 0 Å². The van der Waals surface area contributed by atoms with Crippen molar-refractivity contribution in [3.63, 3.8) is 0 Å². The molecule has 0 spiro atoms. The molecule has 0 aliphatic carbocycles. The lowest BCUT2D eigenvalue weighted by atomic mass is 10.2. The summed E-state index contributed by atoms with van der Waals surface area (Å²) in [6, 6.07) is 7.94. The molecule has 122 valence electrons. The second kappa shape index (κ2) is 6.50. The van der Waals surface area contributed by atoms with Gasteiger partial charge in [-0.1, -0.05) is 6.07 Å². The first kappa shape index (κ1) is 15.7. The molecule has 23 heavy (non-hydrogen) atoms. The summed E-state index contributed by atoms with van der Waals surface area (Å²) < 4.78 is 45.5. The fraction of sp³-hybridized carbons (Fsp3) is 0.294. The molecular weight excluding hydrogens is 307 g/mol. The molecule has 6 heteroatoms. The third kappa shape index (κ3) is 3.59. The van der Waals surface area contributed by atoms with Gasteiger partial charge in [0.25, 0.3) is 0 Å². The van der Waals surface area contributed by atoms with Gasteiger partial charge in [0, 0.05) is 19.2 Å². The maximum absolute atomic E-state index is 14.2. The fourth-order valence-electron chi connectivity index (χ4n) is 2.59. The van der Waals surface area contributed by atoms with Crippen LogP contribution in [0, 0.1) is 17.5 Å². The normalized spacial score (nSPS) is 17.6. The average molecular weight is 323 g/mol. The highest BCUT2D eigenvalue weighted by Crippen LogP contribution is 2.27. The zero-order valence-corrected chi connectivity index (χ0v) is 12.3. The van der Waals surface area contributed by atoms with Gasteiger partial charge in [-0.15, -0.1) is 0 Å². The summed E-state index contributed by atoms with van der Waals surface area (Å²) >= 11 is 0. The molecule has 2 aromatic carbocycles. The number of ether oxygens (including phenoxy) is 1. The van der Waals surface area contributed by atoms with E-state index in [-0.39, 0.29) is 6.61 Å². The van der Waals surface area contributed by atoms with Crippen LogP contribution in [-0.4, -0.2) is 24.3 Å². The Bertz CT molecular complexity index is 708. The lowest BCUT2D eigenvalue weighted by molar-refractivity contribution is 0.198. The number of nitrogens with zero attached hydrogens (tertiary/aromatic N) is 1. The number of aliphatic hydroxyl groups is 1. The highest BCUT2D eigenvalue weighted by atomic mass is 19.2. The molecule has 0 aromatic heterocycles. The lowest BCUT2D eigenvalue weighted by Crippen LogP contribution is -2.22. The van der Waals surface area contributed by atoms with Gasteiger partial charge in [-0.25, -0.2) is 13.2 Å². The number of β-amino-alcohol motifs (C(OH)–C–C–N with tert-alkyl or cyclic N) is 1. The fourth-order valence-corrected chi connectivity index (χ4v) is 2.59. The Hall–Kier alpha value is -2.21. The molecule has 0 saturated carbocycles. The van der Waals surface area contributed by atoms with Crippen molar-refractivity contribution in [2.75, 3.05) is 18.0 Å². The molecule has 2 aromatic rings. The van der Waals surface area contributed by atoms with Gasteiger partial charge in [0.2, 0.25) is 0 Å². The number of benzene rings is 2. The Kier molecular flexibility index (Phi) is 4.43. The maximum atomic E-state index is 14.2. The minimum absolute atomic E-state index is 0.0123. The van der Waals surface area contributed by atoms with Gasteiger partial charge in [-0.3, -0.25) is 0 Å². The largest absolute Gasteiger partial charge is 0.489 e. The summed E-state index contributed by atoms with van der Waals surface area (Å²) in [6.07, 6.45) is 0.187. The van der Waals surface area contributed by atoms with Crippen molar-refractivity contribution in [3.8, 4) is 5.75 Å². The molecule has 1 atom stereocenters. The van der Waals surface area contributed by atoms with Crippen molar-refractivity contribution in [2.45, 2.75) is 19.1 Å². The summed E-state index contributed by atoms with van der Waals surface area (Å²) in [7, 11) is 0. The highest BCUT2D eigenvalue weighted by Gasteiger charge is 2.22. The predicted octanol–water partition coefficient (Wildman–Crippen LogP) is 3.25. The number of hydrogen-bond donors (Lipinski definition) is 1. The molecule has 1 unspecified atom stereocenters. The molecule has 0 amide bonds. The van der Waals surface area contributed by atoms with Crippen LogP contribution in [-0.2, 0) is 6.61 Å². The highest BCUT2D eigenvalue weighted by molar-refractivity contribution is 5.51. The Labute approximate surface area is 131 Å². The number of hydrogen-bond acceptors (Lipinski definition) is 3. The van der Waals surface area contributed by atoms with Crippen molar-refractivity contribution >= 4 is 5.69 Å². The molecule has 1 N–H and O–H groups in total. The van der Waals surface area contributed by atoms with Crippen LogP contribution < -0.4 is 9.64 Å². The van der Waals surface area contributed by atoms with Crippen molar-refractivity contribution in [2.24, 2.45) is 0 Å². The summed E-state index contributed by atoms with van der Waals surface area (Å²) in [6.45, 7) is 1.03. The van der Waals surface area contributed by atoms with Gasteiger partial charge in [-0.05, 0) is 36.2 Å². The monoisotopic (exact) mass is 323 g/mol. The van der Waals surface area contributed by atoms with E-state index in [1.54, 1.807) is 17.0 Å². The van der Waals surface area contributed by atoms with E-state index in [2.05, 4.69) is 0 Å². The van der Waals surface area contributed by atoms with Crippen LogP contribution in [0.15, 0.2) is 36.4 Å². The van der Waals surface area contributed by atoms with E-state index in [9.17, 15) is 18.3 Å². The zero-order chi connectivity index (χ0) is 16.4. The molecule has 1 saturated heterocycles. The lowest BCUT2D eigenvalue weighted by Gasteiger charge is -2.19. The van der Waals surface area contributed by atoms with Crippen LogP contribution in [0.4, 0.5) is 18.9 Å². The maximum Gasteiger partial charge on any atom is 0.159 e. The van der Waals surface area contributed by atoms with Gasteiger partial charge in [0.05, 0.1) is 11.8 Å². The van der Waals surface area contributed by atoms with Gasteiger partial charge < -0.3 is 14.7 Å². The second-order valence-corrected chi connectivity index (χ2v) is 5.54. The van der Waals surface area contributed by atoms with Crippen LogP contribution in [0.2, 0.25) is 0 Å². The third-order valence-corrected chi connectivity index (χ3v) is 3.81. The molecule has 3 rings (SSSR count). The van der Waals surface area contributed by atoms with Crippen molar-refractivity contribution in [3.05, 3.63) is 59.4 Å². The van der Waals surface area contributed by atoms with Gasteiger partial charge in [-0.2, -0.15) is 0 Å². The van der Waals surface area contributed by atoms with Crippen LogP contribution >= 0.6 is 0 Å². The Balaban J connectivity index is 1.67. The molecule has 0 radical (unpaired) electrons. The molecular formula is C17H16F3NO2. The average Bonchev–Trinajstić information content (AvgIpc) is 2.95. The number of rotatable bonds is 4. The Morgan fingerprint density at radius 3 is 2.52 bits per heavy atom. The SMILES string of the molecule is OC1CCN(c2ccc(OCc3ccc(F)c(F)c3)cc2F)C1. The van der Waals surface area contributed by atoms with E-state index >= 15 is 0 Å². The molecule has 3 nitrogen and oxygen atoms in total. The minimum atomic E-state index is -0.944. The molecule has 1 aliphatic heterocycles. The van der Waals surface area contributed by atoms with E-state index in [1.807, 2.05) is 0 Å². The van der Waals surface area contributed by atoms with Gasteiger partial charge in [0.1, 0.15) is 18.2 Å². The van der Waals surface area contributed by atoms with Gasteiger partial charge >= 0.3 is 0 Å². The number of aliphatic hydroxyl groups excluding tert-OH is 1. The van der Waals surface area contributed by atoms with E-state index in [4.69, 9.17) is 4.74 Å². The predicted molar refractivity (Wildman–Crippen MR) is 79.9 cm³/mol. The summed E-state index contributed by atoms with van der Waals surface area (Å²) in [5.41, 5.74) is 0.873. The van der Waals surface area contributed by atoms with E-state index in [0.29, 0.717) is 36.5 Å². The number of halogens is 3. The van der Waals surface area contributed by atoms with Crippen molar-refractivity contribution < 1.29 is 23.0 Å². The minimum Gasteiger partial charge on any atom is -0.489 e. The Morgan fingerprint density at radius 2 is 1.87 bits per heavy atom. The quantitative estimate of drug-likeness (QED) is 0.937. The summed E-state index contributed by atoms with van der Waals surface area (Å²) in [5.74, 6) is -2.00. The Morgan fingerprint density at radius 1 is 1.04 bits per heavy atom. The molecule has 0 bridgehead atoms. The van der Waals surface area contributed by atoms with Crippen molar-refractivity contribution in [1.82, 2.24) is 0 Å². The molecule has 1 fully saturated rings. The topological polar surface area (TPSA) is 32.7 Å². The smallest absolute Gasteiger partial charge is 0.159 e. The standard InChI is InChI=1S/C17H16F3NO2/c18-14-3-1-11(7-15(14)19)10-23-13-2-4-17(16(20)8-13)21-6-5-12(22)9-21/h1-4,7-8,12,22H,5-6,9-10H2. The summed E-state index contributed by atoms with van der Waals surface area (Å²) in [4.78, 5) is 1.78. The summed E-state index contributed by atoms with van der Waals surface area (Å²) in [5, 5.41) is 9.51. The van der Waals surface area contributed by atoms with E-state index in [0.717, 1.165) is 12.1 Å². The van der Waals surface area contributed by atoms with Crippen LogP contribution in [0.25, 0.3) is 0 Å². The first-order valence-corrected chi connectivity index (χ1v) is 7.32. The first-order chi connectivity index (χ1) is 11.0.